The summed E-state index contributed by atoms with van der Waals surface area (Å²) in [7, 11) is 0. The Labute approximate surface area is 109 Å². The molecule has 1 aromatic rings. The summed E-state index contributed by atoms with van der Waals surface area (Å²) in [4.78, 5) is 0.182. The Balaban J connectivity index is 2.74. The van der Waals surface area contributed by atoms with Gasteiger partial charge in [-0.1, -0.05) is 6.07 Å². The Bertz CT molecular complexity index is 395. The fourth-order valence-corrected chi connectivity index (χ4v) is 2.13. The maximum absolute atomic E-state index is 12.3. The zero-order chi connectivity index (χ0) is 13.8. The lowest BCUT2D eigenvalue weighted by Gasteiger charge is -2.12. The second kappa shape index (κ2) is 6.45. The van der Waals surface area contributed by atoms with Gasteiger partial charge >= 0.3 is 5.51 Å². The van der Waals surface area contributed by atoms with Crippen LogP contribution in [0.4, 0.5) is 13.2 Å². The van der Waals surface area contributed by atoms with E-state index in [9.17, 15) is 13.2 Å². The lowest BCUT2D eigenvalue weighted by atomic mass is 10.1. The number of hydrogen-bond donors (Lipinski definition) is 1. The monoisotopic (exact) mass is 279 g/mol. The van der Waals surface area contributed by atoms with Gasteiger partial charge in [-0.2, -0.15) is 13.2 Å². The van der Waals surface area contributed by atoms with E-state index in [1.807, 2.05) is 13.0 Å². The van der Waals surface area contributed by atoms with E-state index in [-0.39, 0.29) is 29.4 Å². The van der Waals surface area contributed by atoms with Crippen LogP contribution in [0.2, 0.25) is 0 Å². The van der Waals surface area contributed by atoms with Crippen LogP contribution in [0.5, 0.6) is 0 Å². The van der Waals surface area contributed by atoms with Crippen molar-refractivity contribution in [3.05, 3.63) is 29.3 Å². The largest absolute Gasteiger partial charge is 0.446 e. The third-order valence-corrected chi connectivity index (χ3v) is 2.91. The summed E-state index contributed by atoms with van der Waals surface area (Å²) >= 11 is -0.111. The molecule has 0 bridgehead atoms. The molecule has 0 fully saturated rings. The average molecular weight is 279 g/mol. The molecule has 0 saturated heterocycles. The molecule has 0 saturated carbocycles. The molecular formula is C12H16F3NOS. The molecule has 0 aromatic heterocycles. The van der Waals surface area contributed by atoms with Crippen molar-refractivity contribution in [3.8, 4) is 0 Å². The maximum Gasteiger partial charge on any atom is 0.446 e. The van der Waals surface area contributed by atoms with Crippen molar-refractivity contribution in [1.29, 1.82) is 0 Å². The normalized spacial score (nSPS) is 13.7. The number of alkyl halides is 3. The van der Waals surface area contributed by atoms with Gasteiger partial charge in [0.1, 0.15) is 0 Å². The van der Waals surface area contributed by atoms with Crippen LogP contribution >= 0.6 is 11.8 Å². The van der Waals surface area contributed by atoms with Gasteiger partial charge in [0, 0.05) is 11.4 Å². The molecule has 0 spiro atoms. The highest BCUT2D eigenvalue weighted by Gasteiger charge is 2.29. The summed E-state index contributed by atoms with van der Waals surface area (Å²) in [5.74, 6) is 0. The Hall–Kier alpha value is -0.720. The predicted molar refractivity (Wildman–Crippen MR) is 66.4 cm³/mol. The minimum atomic E-state index is -4.27. The van der Waals surface area contributed by atoms with Crippen LogP contribution in [0.3, 0.4) is 0 Å². The number of benzene rings is 1. The molecule has 102 valence electrons. The zero-order valence-electron chi connectivity index (χ0n) is 10.3. The van der Waals surface area contributed by atoms with Gasteiger partial charge in [-0.05, 0) is 48.9 Å². The van der Waals surface area contributed by atoms with E-state index in [0.717, 1.165) is 11.1 Å². The van der Waals surface area contributed by atoms with E-state index in [4.69, 9.17) is 10.5 Å². The number of hydrogen-bond acceptors (Lipinski definition) is 3. The molecular weight excluding hydrogens is 263 g/mol. The second-order valence-electron chi connectivity index (χ2n) is 4.06. The Morgan fingerprint density at radius 1 is 1.33 bits per heavy atom. The number of thioether (sulfide) groups is 1. The van der Waals surface area contributed by atoms with Gasteiger partial charge < -0.3 is 10.5 Å². The zero-order valence-corrected chi connectivity index (χ0v) is 11.1. The van der Waals surface area contributed by atoms with Crippen LogP contribution in [-0.4, -0.2) is 18.2 Å². The summed E-state index contributed by atoms with van der Waals surface area (Å²) in [6, 6.07) is 4.81. The van der Waals surface area contributed by atoms with Crippen molar-refractivity contribution >= 4 is 11.8 Å². The molecule has 1 rings (SSSR count). The van der Waals surface area contributed by atoms with Gasteiger partial charge in [-0.3, -0.25) is 0 Å². The van der Waals surface area contributed by atoms with Crippen LogP contribution in [-0.2, 0) is 11.3 Å². The topological polar surface area (TPSA) is 35.2 Å². The molecule has 0 heterocycles. The van der Waals surface area contributed by atoms with Gasteiger partial charge in [0.2, 0.25) is 0 Å². The van der Waals surface area contributed by atoms with Gasteiger partial charge in [0.25, 0.3) is 0 Å². The average Bonchev–Trinajstić information content (AvgIpc) is 2.22. The predicted octanol–water partition coefficient (Wildman–Crippen LogP) is 3.47. The molecule has 0 unspecified atom stereocenters. The van der Waals surface area contributed by atoms with Crippen molar-refractivity contribution in [2.24, 2.45) is 5.73 Å². The number of halogens is 3. The quantitative estimate of drug-likeness (QED) is 0.838. The number of aryl methyl sites for hydroxylation is 1. The van der Waals surface area contributed by atoms with Crippen LogP contribution in [0, 0.1) is 6.92 Å². The fraction of sp³-hybridized carbons (Fsp3) is 0.500. The highest BCUT2D eigenvalue weighted by atomic mass is 32.2. The van der Waals surface area contributed by atoms with Crippen molar-refractivity contribution in [1.82, 2.24) is 0 Å². The number of nitrogens with two attached hydrogens (primary N) is 1. The van der Waals surface area contributed by atoms with Crippen molar-refractivity contribution in [3.63, 3.8) is 0 Å². The van der Waals surface area contributed by atoms with E-state index in [0.29, 0.717) is 6.54 Å². The first-order chi connectivity index (χ1) is 8.30. The first-order valence-electron chi connectivity index (χ1n) is 5.48. The van der Waals surface area contributed by atoms with E-state index >= 15 is 0 Å². The van der Waals surface area contributed by atoms with Gasteiger partial charge in [0.05, 0.1) is 12.7 Å². The Morgan fingerprint density at radius 3 is 2.56 bits per heavy atom. The maximum atomic E-state index is 12.3. The van der Waals surface area contributed by atoms with E-state index in [2.05, 4.69) is 0 Å². The van der Waals surface area contributed by atoms with Crippen LogP contribution < -0.4 is 5.73 Å². The summed E-state index contributed by atoms with van der Waals surface area (Å²) in [6.07, 6.45) is -0.107. The Kier molecular flexibility index (Phi) is 5.49. The van der Waals surface area contributed by atoms with Crippen LogP contribution in [0.25, 0.3) is 0 Å². The van der Waals surface area contributed by atoms with E-state index < -0.39 is 5.51 Å². The lowest BCUT2D eigenvalue weighted by molar-refractivity contribution is -0.0328. The van der Waals surface area contributed by atoms with Crippen molar-refractivity contribution < 1.29 is 17.9 Å². The molecule has 18 heavy (non-hydrogen) atoms. The number of rotatable bonds is 5. The van der Waals surface area contributed by atoms with Crippen LogP contribution in [0.15, 0.2) is 23.1 Å². The minimum Gasteiger partial charge on any atom is -0.373 e. The van der Waals surface area contributed by atoms with E-state index in [1.165, 1.54) is 12.1 Å². The molecule has 1 atom stereocenters. The Morgan fingerprint density at radius 2 is 2.00 bits per heavy atom. The first kappa shape index (κ1) is 15.3. The first-order valence-corrected chi connectivity index (χ1v) is 6.30. The van der Waals surface area contributed by atoms with E-state index in [1.54, 1.807) is 6.92 Å². The smallest absolute Gasteiger partial charge is 0.373 e. The van der Waals surface area contributed by atoms with Gasteiger partial charge in [-0.15, -0.1) is 0 Å². The summed E-state index contributed by atoms with van der Waals surface area (Å²) in [5.41, 5.74) is 2.64. The lowest BCUT2D eigenvalue weighted by Crippen LogP contribution is -2.19. The van der Waals surface area contributed by atoms with Crippen LogP contribution in [0.1, 0.15) is 18.1 Å². The molecule has 6 heteroatoms. The molecule has 2 N–H and O–H groups in total. The highest BCUT2D eigenvalue weighted by molar-refractivity contribution is 8.00. The molecule has 0 amide bonds. The van der Waals surface area contributed by atoms with Gasteiger partial charge in [-0.25, -0.2) is 0 Å². The molecule has 0 aliphatic carbocycles. The summed E-state index contributed by atoms with van der Waals surface area (Å²) in [5, 5.41) is 0. The molecule has 1 aromatic carbocycles. The van der Waals surface area contributed by atoms with Crippen molar-refractivity contribution in [2.75, 3.05) is 6.54 Å². The fourth-order valence-electron chi connectivity index (χ4n) is 1.41. The highest BCUT2D eigenvalue weighted by Crippen LogP contribution is 2.37. The van der Waals surface area contributed by atoms with Gasteiger partial charge in [0.15, 0.2) is 0 Å². The molecule has 0 radical (unpaired) electrons. The second-order valence-corrected chi connectivity index (χ2v) is 5.20. The molecule has 0 aliphatic heterocycles. The molecule has 0 aliphatic rings. The molecule has 2 nitrogen and oxygen atoms in total. The summed E-state index contributed by atoms with van der Waals surface area (Å²) in [6.45, 7) is 4.24. The summed E-state index contributed by atoms with van der Waals surface area (Å²) < 4.78 is 42.3. The minimum absolute atomic E-state index is 0.107. The number of ether oxygens (including phenoxy) is 1. The SMILES string of the molecule is Cc1cc(CO[C@@H](C)CN)cc(SC(F)(F)F)c1. The third kappa shape index (κ3) is 5.75. The standard InChI is InChI=1S/C12H16F3NOS/c1-8-3-10(7-17-9(2)6-16)5-11(4-8)18-12(13,14)15/h3-5,9H,6-7,16H2,1-2H3/t9-/m0/s1. The third-order valence-electron chi connectivity index (χ3n) is 2.21. The van der Waals surface area contributed by atoms with Crippen molar-refractivity contribution in [2.45, 2.75) is 37.0 Å².